The molecule has 3 aromatic heterocycles. The summed E-state index contributed by atoms with van der Waals surface area (Å²) in [5.74, 6) is -3.12. The second-order valence-corrected chi connectivity index (χ2v) is 12.6. The van der Waals surface area contributed by atoms with E-state index in [9.17, 15) is 32.8 Å². The van der Waals surface area contributed by atoms with Gasteiger partial charge in [-0.1, -0.05) is 12.6 Å². The number of nitrogens with zero attached hydrogens (tertiary/aromatic N) is 7. The maximum absolute atomic E-state index is 15.9. The summed E-state index contributed by atoms with van der Waals surface area (Å²) < 4.78 is 57.3. The number of hydrogen-bond donors (Lipinski definition) is 1. The fourth-order valence-corrected chi connectivity index (χ4v) is 6.37. The van der Waals surface area contributed by atoms with E-state index in [4.69, 9.17) is 0 Å². The lowest BCUT2D eigenvalue weighted by atomic mass is 10.0. The van der Waals surface area contributed by atoms with Crippen LogP contribution < -0.4 is 10.6 Å². The Labute approximate surface area is 256 Å². The van der Waals surface area contributed by atoms with E-state index in [1.165, 1.54) is 30.2 Å². The van der Waals surface area contributed by atoms with E-state index >= 15 is 4.39 Å². The summed E-state index contributed by atoms with van der Waals surface area (Å²) in [6.45, 7) is 6.94. The monoisotopic (exact) mass is 635 g/mol. The lowest BCUT2D eigenvalue weighted by molar-refractivity contribution is -0.129. The van der Waals surface area contributed by atoms with Gasteiger partial charge in [0.15, 0.2) is 26.3 Å². The molecule has 1 amide bonds. The number of amides is 1. The normalized spacial score (nSPS) is 16.9. The number of rotatable bonds is 6. The topological polar surface area (TPSA) is 162 Å². The van der Waals surface area contributed by atoms with E-state index in [1.807, 2.05) is 6.07 Å². The molecule has 4 heterocycles. The molecule has 1 aliphatic heterocycles. The van der Waals surface area contributed by atoms with Gasteiger partial charge < -0.3 is 14.9 Å². The van der Waals surface area contributed by atoms with Crippen molar-refractivity contribution in [1.82, 2.24) is 24.4 Å². The summed E-state index contributed by atoms with van der Waals surface area (Å²) in [6, 6.07) is 6.71. The number of phenols is 1. The lowest BCUT2D eigenvalue weighted by Crippen LogP contribution is -2.59. The minimum Gasteiger partial charge on any atom is -0.507 e. The Hall–Kier alpha value is -5.23. The lowest BCUT2D eigenvalue weighted by Gasteiger charge is -2.45. The second kappa shape index (κ2) is 11.7. The van der Waals surface area contributed by atoms with Crippen LogP contribution in [0.5, 0.6) is 5.75 Å². The summed E-state index contributed by atoms with van der Waals surface area (Å²) in [6.07, 6.45) is 3.23. The highest BCUT2D eigenvalue weighted by molar-refractivity contribution is 7.90. The molecule has 0 spiro atoms. The predicted molar refractivity (Wildman–Crippen MR) is 161 cm³/mol. The van der Waals surface area contributed by atoms with E-state index in [1.54, 1.807) is 11.8 Å². The van der Waals surface area contributed by atoms with Crippen molar-refractivity contribution in [2.24, 2.45) is 0 Å². The zero-order chi connectivity index (χ0) is 32.8. The molecule has 1 aliphatic rings. The number of hydrogen-bond acceptors (Lipinski definition) is 10. The molecule has 12 nitrogen and oxygen atoms in total. The van der Waals surface area contributed by atoms with Crippen molar-refractivity contribution in [3.63, 3.8) is 0 Å². The molecular formula is C30H27F2N7O5S. The van der Waals surface area contributed by atoms with E-state index in [0.717, 1.165) is 35.1 Å². The number of piperazine rings is 1. The van der Waals surface area contributed by atoms with Crippen LogP contribution in [0.3, 0.4) is 0 Å². The quantitative estimate of drug-likeness (QED) is 0.312. The Morgan fingerprint density at radius 3 is 2.60 bits per heavy atom. The van der Waals surface area contributed by atoms with E-state index in [2.05, 4.69) is 21.5 Å². The molecule has 1 aromatic carbocycles. The molecular weight excluding hydrogens is 608 g/mol. The van der Waals surface area contributed by atoms with Crippen LogP contribution >= 0.6 is 0 Å². The average Bonchev–Trinajstić information content (AvgIpc) is 2.97. The Morgan fingerprint density at radius 1 is 1.22 bits per heavy atom. The maximum Gasteiger partial charge on any atom is 0.355 e. The highest BCUT2D eigenvalue weighted by Crippen LogP contribution is 2.37. The molecule has 15 heteroatoms. The second-order valence-electron chi connectivity index (χ2n) is 10.6. The largest absolute Gasteiger partial charge is 0.507 e. The Kier molecular flexibility index (Phi) is 8.11. The third kappa shape index (κ3) is 5.48. The summed E-state index contributed by atoms with van der Waals surface area (Å²) in [7, 11) is -4.03. The highest BCUT2D eigenvalue weighted by Gasteiger charge is 2.36. The van der Waals surface area contributed by atoms with Crippen molar-refractivity contribution in [1.29, 1.82) is 5.26 Å². The van der Waals surface area contributed by atoms with Crippen molar-refractivity contribution < 1.29 is 27.1 Å². The Balaban J connectivity index is 1.87. The van der Waals surface area contributed by atoms with Gasteiger partial charge in [0.25, 0.3) is 0 Å². The zero-order valence-corrected chi connectivity index (χ0v) is 25.2. The average molecular weight is 636 g/mol. The highest BCUT2D eigenvalue weighted by atomic mass is 32.2. The van der Waals surface area contributed by atoms with Crippen LogP contribution in [0, 0.1) is 29.9 Å². The third-order valence-corrected chi connectivity index (χ3v) is 8.60. The molecule has 0 bridgehead atoms. The fourth-order valence-electron chi connectivity index (χ4n) is 5.52. The van der Waals surface area contributed by atoms with Gasteiger partial charge in [0.1, 0.15) is 23.1 Å². The molecule has 45 heavy (non-hydrogen) atoms. The van der Waals surface area contributed by atoms with Gasteiger partial charge in [-0.3, -0.25) is 4.79 Å². The summed E-state index contributed by atoms with van der Waals surface area (Å²) in [5, 5.41) is 19.4. The van der Waals surface area contributed by atoms with Crippen molar-refractivity contribution in [3.05, 3.63) is 76.9 Å². The number of halogens is 2. The van der Waals surface area contributed by atoms with Gasteiger partial charge in [-0.05, 0) is 49.8 Å². The molecule has 5 rings (SSSR count). The molecule has 0 aliphatic carbocycles. The van der Waals surface area contributed by atoms with Crippen LogP contribution in [0.4, 0.5) is 14.6 Å². The minimum atomic E-state index is -4.03. The van der Waals surface area contributed by atoms with Gasteiger partial charge in [-0.25, -0.2) is 36.5 Å². The van der Waals surface area contributed by atoms with E-state index in [-0.39, 0.29) is 42.0 Å². The van der Waals surface area contributed by atoms with Gasteiger partial charge in [-0.15, -0.1) is 0 Å². The first kappa shape index (κ1) is 31.2. The first-order valence-corrected chi connectivity index (χ1v) is 15.5. The van der Waals surface area contributed by atoms with Crippen molar-refractivity contribution in [2.45, 2.75) is 37.4 Å². The number of aryl methyl sites for hydroxylation is 1. The molecule has 0 unspecified atom stereocenters. The Bertz CT molecular complexity index is 2080. The molecule has 1 N–H and O–H groups in total. The van der Waals surface area contributed by atoms with Gasteiger partial charge >= 0.3 is 5.69 Å². The first-order chi connectivity index (χ1) is 21.3. The molecule has 232 valence electrons. The number of carbonyl (C=O) groups is 1. The van der Waals surface area contributed by atoms with Crippen molar-refractivity contribution in [3.8, 4) is 28.8 Å². The van der Waals surface area contributed by atoms with Crippen LogP contribution in [0.25, 0.3) is 28.0 Å². The third-order valence-electron chi connectivity index (χ3n) is 7.59. The Morgan fingerprint density at radius 2 is 1.96 bits per heavy atom. The van der Waals surface area contributed by atoms with E-state index in [0.29, 0.717) is 5.56 Å². The number of sulfone groups is 1. The van der Waals surface area contributed by atoms with Crippen LogP contribution in [0.15, 0.2) is 59.0 Å². The van der Waals surface area contributed by atoms with Crippen LogP contribution in [-0.4, -0.2) is 75.3 Å². The SMILES string of the molecule is C=CC(=O)N1C[C@H](C)N(c2nc(=O)n(-c3c(C)ccnc3S(C)(=O)=O)c3nc(-c4c(O)cccc4F)c(F)cc23)C[C@@H]1CC#N. The van der Waals surface area contributed by atoms with Crippen LogP contribution in [0.1, 0.15) is 18.9 Å². The molecule has 0 saturated carbocycles. The molecule has 0 radical (unpaired) electrons. The standard InChI is InChI=1S/C30H27F2N7O5S/c1-5-23(41)38-14-17(3)37(15-18(38)9-11-33)27-19-13-21(32)25(24-20(31)7-6-8-22(24)40)35-28(19)39(30(42)36-27)26-16(2)10-12-34-29(26)45(4,43)44/h5-8,10,12-13,17-18,40H,1,9,14-15H2,2-4H3/t17-,18-/m0/s1. The number of aromatic nitrogens is 4. The molecule has 1 saturated heterocycles. The van der Waals surface area contributed by atoms with Gasteiger partial charge in [0.05, 0.1) is 35.2 Å². The minimum absolute atomic E-state index is 0.0256. The zero-order valence-electron chi connectivity index (χ0n) is 24.4. The van der Waals surface area contributed by atoms with Crippen molar-refractivity contribution >= 4 is 32.6 Å². The number of phenolic OH excluding ortho intramolecular Hbond substituents is 1. The summed E-state index contributed by atoms with van der Waals surface area (Å²) in [5.41, 5.74) is -2.40. The van der Waals surface area contributed by atoms with Gasteiger partial charge in [0, 0.05) is 31.6 Å². The van der Waals surface area contributed by atoms with Crippen molar-refractivity contribution in [2.75, 3.05) is 24.2 Å². The number of aromatic hydroxyl groups is 1. The van der Waals surface area contributed by atoms with Gasteiger partial charge in [0.2, 0.25) is 5.91 Å². The first-order valence-electron chi connectivity index (χ1n) is 13.6. The van der Waals surface area contributed by atoms with E-state index < -0.39 is 67.2 Å². The summed E-state index contributed by atoms with van der Waals surface area (Å²) >= 11 is 0. The molecule has 1 fully saturated rings. The predicted octanol–water partition coefficient (Wildman–Crippen LogP) is 3.04. The number of anilines is 1. The van der Waals surface area contributed by atoms with Crippen LogP contribution in [0.2, 0.25) is 0 Å². The number of pyridine rings is 2. The number of fused-ring (bicyclic) bond motifs is 1. The molecule has 2 atom stereocenters. The smallest absolute Gasteiger partial charge is 0.355 e. The summed E-state index contributed by atoms with van der Waals surface area (Å²) in [4.78, 5) is 42.2. The number of nitriles is 1. The van der Waals surface area contributed by atoms with Crippen LogP contribution in [-0.2, 0) is 14.6 Å². The fraction of sp³-hybridized carbons (Fsp3) is 0.267. The maximum atomic E-state index is 15.9. The molecule has 4 aromatic rings. The number of benzene rings is 1. The number of carbonyl (C=O) groups excluding carboxylic acids is 1. The van der Waals surface area contributed by atoms with Gasteiger partial charge in [-0.2, -0.15) is 10.2 Å².